The number of allylic oxidation sites excluding steroid dienone is 2. The number of rotatable bonds is 5. The molecule has 2 aromatic rings. The second-order valence-electron chi connectivity index (χ2n) is 8.27. The Kier molecular flexibility index (Phi) is 6.01. The summed E-state index contributed by atoms with van der Waals surface area (Å²) in [5.74, 6) is -0.256. The van der Waals surface area contributed by atoms with Crippen LogP contribution in [0, 0.1) is 5.82 Å². The number of halogens is 1. The fourth-order valence-corrected chi connectivity index (χ4v) is 4.79. The van der Waals surface area contributed by atoms with Crippen LogP contribution in [-0.4, -0.2) is 24.1 Å². The van der Waals surface area contributed by atoms with Gasteiger partial charge in [0.1, 0.15) is 5.82 Å². The number of nitrogens with zero attached hydrogens (tertiary/aromatic N) is 1. The predicted octanol–water partition coefficient (Wildman–Crippen LogP) is 5.21. The first-order valence-corrected chi connectivity index (χ1v) is 11.3. The first kappa shape index (κ1) is 21.4. The number of hydrogen-bond donors (Lipinski definition) is 1. The Morgan fingerprint density at radius 2 is 2.00 bits per heavy atom. The number of benzene rings is 2. The van der Waals surface area contributed by atoms with Crippen LogP contribution in [0.15, 0.2) is 71.2 Å². The quantitative estimate of drug-likeness (QED) is 0.700. The smallest absolute Gasteiger partial charge is 0.252 e. The second kappa shape index (κ2) is 8.71. The average Bonchev–Trinajstić information content (AvgIpc) is 2.76. The van der Waals surface area contributed by atoms with E-state index < -0.39 is 5.54 Å². The summed E-state index contributed by atoms with van der Waals surface area (Å²) in [6.45, 7) is 4.04. The van der Waals surface area contributed by atoms with Gasteiger partial charge in [0.2, 0.25) is 5.91 Å². The molecule has 0 saturated carbocycles. The summed E-state index contributed by atoms with van der Waals surface area (Å²) < 4.78 is 14.3. The average molecular weight is 437 g/mol. The zero-order valence-corrected chi connectivity index (χ0v) is 18.5. The van der Waals surface area contributed by atoms with E-state index in [4.69, 9.17) is 0 Å². The lowest BCUT2D eigenvalue weighted by Crippen LogP contribution is -2.42. The SMILES string of the molecule is CC(C)(NC(=O)c1ccc2c(c1)N(CC1=CCCC=C1)C(=O)CS2)c1ccccc1F. The highest BCUT2D eigenvalue weighted by Crippen LogP contribution is 2.37. The molecule has 4 rings (SSSR count). The van der Waals surface area contributed by atoms with Crippen molar-refractivity contribution in [3.05, 3.63) is 83.2 Å². The summed E-state index contributed by atoms with van der Waals surface area (Å²) in [7, 11) is 0. The van der Waals surface area contributed by atoms with E-state index in [0.717, 1.165) is 29.0 Å². The molecule has 31 heavy (non-hydrogen) atoms. The minimum Gasteiger partial charge on any atom is -0.343 e. The number of hydrogen-bond acceptors (Lipinski definition) is 3. The molecule has 0 fully saturated rings. The maximum atomic E-state index is 14.3. The Balaban J connectivity index is 1.60. The van der Waals surface area contributed by atoms with Crippen LogP contribution >= 0.6 is 11.8 Å². The fraction of sp³-hybridized carbons (Fsp3) is 0.280. The molecule has 0 spiro atoms. The van der Waals surface area contributed by atoms with E-state index in [1.165, 1.54) is 17.8 Å². The molecule has 0 saturated heterocycles. The molecule has 0 radical (unpaired) electrons. The monoisotopic (exact) mass is 436 g/mol. The van der Waals surface area contributed by atoms with E-state index in [1.807, 2.05) is 6.07 Å². The summed E-state index contributed by atoms with van der Waals surface area (Å²) >= 11 is 1.48. The standard InChI is InChI=1S/C25H25FN2O2S/c1-25(2,19-10-6-7-11-20(19)26)27-24(30)18-12-13-22-21(14-18)28(23(29)16-31-22)15-17-8-4-3-5-9-17/h4,6-14H,3,5,15-16H2,1-2H3,(H,27,30). The second-order valence-corrected chi connectivity index (χ2v) is 9.29. The maximum absolute atomic E-state index is 14.3. The van der Waals surface area contributed by atoms with Crippen molar-refractivity contribution in [2.24, 2.45) is 0 Å². The Morgan fingerprint density at radius 1 is 1.19 bits per heavy atom. The molecule has 0 atom stereocenters. The highest BCUT2D eigenvalue weighted by molar-refractivity contribution is 8.00. The predicted molar refractivity (Wildman–Crippen MR) is 123 cm³/mol. The van der Waals surface area contributed by atoms with Gasteiger partial charge in [-0.3, -0.25) is 9.59 Å². The fourth-order valence-electron chi connectivity index (χ4n) is 3.88. The Bertz CT molecular complexity index is 1090. The van der Waals surface area contributed by atoms with Crippen LogP contribution in [0.25, 0.3) is 0 Å². The van der Waals surface area contributed by atoms with Gasteiger partial charge in [0.15, 0.2) is 0 Å². The van der Waals surface area contributed by atoms with Crippen LogP contribution in [0.1, 0.15) is 42.6 Å². The summed E-state index contributed by atoms with van der Waals surface area (Å²) in [5.41, 5.74) is 1.83. The van der Waals surface area contributed by atoms with Gasteiger partial charge in [-0.2, -0.15) is 0 Å². The molecular weight excluding hydrogens is 411 g/mol. The van der Waals surface area contributed by atoms with Crippen molar-refractivity contribution in [3.8, 4) is 0 Å². The molecule has 0 aromatic heterocycles. The largest absolute Gasteiger partial charge is 0.343 e. The highest BCUT2D eigenvalue weighted by Gasteiger charge is 2.29. The van der Waals surface area contributed by atoms with E-state index in [-0.39, 0.29) is 17.6 Å². The third-order valence-corrected chi connectivity index (χ3v) is 6.60. The lowest BCUT2D eigenvalue weighted by Gasteiger charge is -2.31. The van der Waals surface area contributed by atoms with E-state index in [9.17, 15) is 14.0 Å². The van der Waals surface area contributed by atoms with Crippen molar-refractivity contribution in [2.75, 3.05) is 17.2 Å². The number of thioether (sulfide) groups is 1. The van der Waals surface area contributed by atoms with Crippen LogP contribution in [0.4, 0.5) is 10.1 Å². The number of carbonyl (C=O) groups is 2. The van der Waals surface area contributed by atoms with Crippen LogP contribution < -0.4 is 10.2 Å². The van der Waals surface area contributed by atoms with Crippen LogP contribution in [-0.2, 0) is 10.3 Å². The first-order chi connectivity index (χ1) is 14.8. The molecule has 1 aliphatic carbocycles. The molecule has 1 aliphatic heterocycles. The van der Waals surface area contributed by atoms with Gasteiger partial charge in [0.25, 0.3) is 5.91 Å². The first-order valence-electron chi connectivity index (χ1n) is 10.4. The minimum atomic E-state index is -0.889. The van der Waals surface area contributed by atoms with Gasteiger partial charge in [-0.15, -0.1) is 11.8 Å². The van der Waals surface area contributed by atoms with Crippen molar-refractivity contribution in [3.63, 3.8) is 0 Å². The van der Waals surface area contributed by atoms with Crippen molar-refractivity contribution >= 4 is 29.3 Å². The third kappa shape index (κ3) is 4.59. The molecular formula is C25H25FN2O2S. The highest BCUT2D eigenvalue weighted by atomic mass is 32.2. The van der Waals surface area contributed by atoms with Crippen LogP contribution in [0.3, 0.4) is 0 Å². The van der Waals surface area contributed by atoms with E-state index in [1.54, 1.807) is 49.1 Å². The van der Waals surface area contributed by atoms with Crippen molar-refractivity contribution in [2.45, 2.75) is 37.1 Å². The summed E-state index contributed by atoms with van der Waals surface area (Å²) in [5, 5.41) is 2.93. The van der Waals surface area contributed by atoms with Gasteiger partial charge in [0, 0.05) is 16.0 Å². The molecule has 1 heterocycles. The molecule has 2 aromatic carbocycles. The van der Waals surface area contributed by atoms with Gasteiger partial charge < -0.3 is 10.2 Å². The molecule has 6 heteroatoms. The molecule has 0 bridgehead atoms. The van der Waals surface area contributed by atoms with Gasteiger partial charge in [-0.25, -0.2) is 4.39 Å². The third-order valence-electron chi connectivity index (χ3n) is 5.55. The van der Waals surface area contributed by atoms with Crippen molar-refractivity contribution in [1.29, 1.82) is 0 Å². The Hall–Kier alpha value is -2.86. The van der Waals surface area contributed by atoms with Gasteiger partial charge in [-0.1, -0.05) is 36.4 Å². The number of nitrogens with one attached hydrogen (secondary N) is 1. The van der Waals surface area contributed by atoms with Crippen LogP contribution in [0.2, 0.25) is 0 Å². The Morgan fingerprint density at radius 3 is 2.74 bits per heavy atom. The lowest BCUT2D eigenvalue weighted by atomic mass is 9.93. The number of anilines is 1. The lowest BCUT2D eigenvalue weighted by molar-refractivity contribution is -0.116. The maximum Gasteiger partial charge on any atom is 0.252 e. The van der Waals surface area contributed by atoms with E-state index in [0.29, 0.717) is 23.4 Å². The molecule has 1 N–H and O–H groups in total. The van der Waals surface area contributed by atoms with Gasteiger partial charge in [-0.05, 0) is 56.5 Å². The minimum absolute atomic E-state index is 0.0293. The summed E-state index contributed by atoms with van der Waals surface area (Å²) in [6.07, 6.45) is 8.33. The molecule has 4 nitrogen and oxygen atoms in total. The summed E-state index contributed by atoms with van der Waals surface area (Å²) in [6, 6.07) is 11.8. The molecule has 0 unspecified atom stereocenters. The van der Waals surface area contributed by atoms with Gasteiger partial charge in [0.05, 0.1) is 23.5 Å². The zero-order chi connectivity index (χ0) is 22.0. The number of amides is 2. The van der Waals surface area contributed by atoms with Gasteiger partial charge >= 0.3 is 0 Å². The number of carbonyl (C=O) groups excluding carboxylic acids is 2. The molecule has 2 amide bonds. The van der Waals surface area contributed by atoms with Crippen molar-refractivity contribution < 1.29 is 14.0 Å². The van der Waals surface area contributed by atoms with E-state index >= 15 is 0 Å². The van der Waals surface area contributed by atoms with Crippen molar-refractivity contribution in [1.82, 2.24) is 5.32 Å². The zero-order valence-electron chi connectivity index (χ0n) is 17.7. The van der Waals surface area contributed by atoms with Crippen LogP contribution in [0.5, 0.6) is 0 Å². The molecule has 160 valence electrons. The summed E-state index contributed by atoms with van der Waals surface area (Å²) in [4.78, 5) is 28.5. The topological polar surface area (TPSA) is 49.4 Å². The normalized spacial score (nSPS) is 16.0. The Labute approximate surface area is 186 Å². The molecule has 2 aliphatic rings. The number of fused-ring (bicyclic) bond motifs is 1. The van der Waals surface area contributed by atoms with E-state index in [2.05, 4.69) is 23.5 Å².